The smallest absolute Gasteiger partial charge is 0.186 e. The first kappa shape index (κ1) is 11.4. The maximum absolute atomic E-state index is 5.82. The normalized spacial score (nSPS) is 25.3. The van der Waals surface area contributed by atoms with Crippen molar-refractivity contribution < 1.29 is 4.74 Å². The molecular weight excluding hydrogens is 234 g/mol. The second-order valence-corrected chi connectivity index (χ2v) is 5.96. The van der Waals surface area contributed by atoms with Crippen molar-refractivity contribution in [3.05, 3.63) is 10.6 Å². The molecule has 1 saturated heterocycles. The SMILES string of the molecule is CC1COCCN1c1nc(C2CC2)c(CN)s1. The zero-order chi connectivity index (χ0) is 11.8. The van der Waals surface area contributed by atoms with Crippen molar-refractivity contribution in [1.82, 2.24) is 4.98 Å². The molecule has 1 aromatic heterocycles. The Hall–Kier alpha value is -0.650. The van der Waals surface area contributed by atoms with Crippen LogP contribution in [0.4, 0.5) is 5.13 Å². The van der Waals surface area contributed by atoms with Crippen LogP contribution in [-0.4, -0.2) is 30.8 Å². The molecule has 2 N–H and O–H groups in total. The van der Waals surface area contributed by atoms with E-state index in [1.54, 1.807) is 11.3 Å². The minimum absolute atomic E-state index is 0.424. The van der Waals surface area contributed by atoms with Crippen molar-refractivity contribution in [2.75, 3.05) is 24.7 Å². The highest BCUT2D eigenvalue weighted by Crippen LogP contribution is 2.44. The summed E-state index contributed by atoms with van der Waals surface area (Å²) in [4.78, 5) is 8.47. The van der Waals surface area contributed by atoms with E-state index < -0.39 is 0 Å². The second-order valence-electron chi connectivity index (χ2n) is 4.90. The molecule has 2 aliphatic rings. The summed E-state index contributed by atoms with van der Waals surface area (Å²) >= 11 is 1.77. The van der Waals surface area contributed by atoms with Gasteiger partial charge in [-0.1, -0.05) is 0 Å². The summed E-state index contributed by atoms with van der Waals surface area (Å²) in [7, 11) is 0. The fourth-order valence-electron chi connectivity index (χ4n) is 2.31. The van der Waals surface area contributed by atoms with Gasteiger partial charge in [0.2, 0.25) is 0 Å². The molecule has 3 rings (SSSR count). The fourth-order valence-corrected chi connectivity index (χ4v) is 3.46. The molecule has 0 aromatic carbocycles. The van der Waals surface area contributed by atoms with Crippen LogP contribution in [0.2, 0.25) is 0 Å². The van der Waals surface area contributed by atoms with Gasteiger partial charge in [-0.2, -0.15) is 0 Å². The molecule has 5 heteroatoms. The predicted octanol–water partition coefficient (Wildman–Crippen LogP) is 1.70. The molecule has 0 radical (unpaired) electrons. The van der Waals surface area contributed by atoms with Crippen molar-refractivity contribution in [2.24, 2.45) is 5.73 Å². The summed E-state index contributed by atoms with van der Waals surface area (Å²) in [5, 5.41) is 1.14. The van der Waals surface area contributed by atoms with E-state index in [-0.39, 0.29) is 0 Å². The van der Waals surface area contributed by atoms with Crippen molar-refractivity contribution in [3.63, 3.8) is 0 Å². The third kappa shape index (κ3) is 2.19. The first-order valence-electron chi connectivity index (χ1n) is 6.33. The van der Waals surface area contributed by atoms with Gasteiger partial charge in [0.05, 0.1) is 24.9 Å². The van der Waals surface area contributed by atoms with Crippen LogP contribution in [0.3, 0.4) is 0 Å². The molecule has 94 valence electrons. The number of ether oxygens (including phenoxy) is 1. The first-order valence-corrected chi connectivity index (χ1v) is 7.15. The number of rotatable bonds is 3. The number of thiazole rings is 1. The molecular formula is C12H19N3OS. The van der Waals surface area contributed by atoms with E-state index in [2.05, 4.69) is 11.8 Å². The lowest BCUT2D eigenvalue weighted by Crippen LogP contribution is -2.43. The van der Waals surface area contributed by atoms with E-state index in [0.29, 0.717) is 18.5 Å². The Bertz CT molecular complexity index is 402. The van der Waals surface area contributed by atoms with Crippen LogP contribution < -0.4 is 10.6 Å². The monoisotopic (exact) mass is 253 g/mol. The lowest BCUT2D eigenvalue weighted by Gasteiger charge is -2.32. The molecule has 0 bridgehead atoms. The Morgan fingerprint density at radius 3 is 3.00 bits per heavy atom. The highest BCUT2D eigenvalue weighted by atomic mass is 32.1. The van der Waals surface area contributed by atoms with Crippen LogP contribution in [0.15, 0.2) is 0 Å². The summed E-state index contributed by atoms with van der Waals surface area (Å²) < 4.78 is 5.47. The third-order valence-corrected chi connectivity index (χ3v) is 4.61. The van der Waals surface area contributed by atoms with E-state index in [0.717, 1.165) is 24.9 Å². The summed E-state index contributed by atoms with van der Waals surface area (Å²) in [5.41, 5.74) is 7.09. The third-order valence-electron chi connectivity index (χ3n) is 3.48. The molecule has 2 heterocycles. The van der Waals surface area contributed by atoms with Crippen molar-refractivity contribution in [3.8, 4) is 0 Å². The number of anilines is 1. The highest BCUT2D eigenvalue weighted by Gasteiger charge is 2.31. The predicted molar refractivity (Wildman–Crippen MR) is 69.6 cm³/mol. The Balaban J connectivity index is 1.86. The van der Waals surface area contributed by atoms with Crippen LogP contribution >= 0.6 is 11.3 Å². The van der Waals surface area contributed by atoms with Gasteiger partial charge in [-0.25, -0.2) is 4.98 Å². The molecule has 17 heavy (non-hydrogen) atoms. The van der Waals surface area contributed by atoms with E-state index in [1.807, 2.05) is 0 Å². The Labute approximate surface area is 106 Å². The molecule has 1 saturated carbocycles. The van der Waals surface area contributed by atoms with Gasteiger partial charge in [-0.05, 0) is 19.8 Å². The number of hydrogen-bond acceptors (Lipinski definition) is 5. The van der Waals surface area contributed by atoms with Crippen LogP contribution in [-0.2, 0) is 11.3 Å². The average molecular weight is 253 g/mol. The van der Waals surface area contributed by atoms with E-state index in [9.17, 15) is 0 Å². The summed E-state index contributed by atoms with van der Waals surface area (Å²) in [6, 6.07) is 0.424. The molecule has 0 spiro atoms. The van der Waals surface area contributed by atoms with Crippen molar-refractivity contribution in [1.29, 1.82) is 0 Å². The fraction of sp³-hybridized carbons (Fsp3) is 0.750. The lowest BCUT2D eigenvalue weighted by atomic mass is 10.2. The number of hydrogen-bond donors (Lipinski definition) is 1. The zero-order valence-electron chi connectivity index (χ0n) is 10.2. The topological polar surface area (TPSA) is 51.4 Å². The maximum atomic E-state index is 5.82. The molecule has 0 amide bonds. The summed E-state index contributed by atoms with van der Waals surface area (Å²) in [6.45, 7) is 5.38. The first-order chi connectivity index (χ1) is 8.29. The number of nitrogens with two attached hydrogens (primary N) is 1. The van der Waals surface area contributed by atoms with Crippen LogP contribution in [0.5, 0.6) is 0 Å². The van der Waals surface area contributed by atoms with Crippen LogP contribution in [0.25, 0.3) is 0 Å². The average Bonchev–Trinajstić information content (AvgIpc) is 3.10. The molecule has 1 atom stereocenters. The van der Waals surface area contributed by atoms with E-state index in [4.69, 9.17) is 15.5 Å². The lowest BCUT2D eigenvalue weighted by molar-refractivity contribution is 0.0989. The number of morpholine rings is 1. The van der Waals surface area contributed by atoms with E-state index >= 15 is 0 Å². The summed E-state index contributed by atoms with van der Waals surface area (Å²) in [5.74, 6) is 0.690. The zero-order valence-corrected chi connectivity index (χ0v) is 11.0. The van der Waals surface area contributed by atoms with Crippen molar-refractivity contribution in [2.45, 2.75) is 38.3 Å². The summed E-state index contributed by atoms with van der Waals surface area (Å²) in [6.07, 6.45) is 2.57. The Morgan fingerprint density at radius 1 is 1.53 bits per heavy atom. The van der Waals surface area contributed by atoms with Crippen LogP contribution in [0.1, 0.15) is 36.3 Å². The second kappa shape index (κ2) is 4.55. The Morgan fingerprint density at radius 2 is 2.35 bits per heavy atom. The number of nitrogens with zero attached hydrogens (tertiary/aromatic N) is 2. The molecule has 1 aromatic rings. The van der Waals surface area contributed by atoms with Gasteiger partial charge in [-0.15, -0.1) is 11.3 Å². The Kier molecular flexibility index (Phi) is 3.06. The van der Waals surface area contributed by atoms with Crippen molar-refractivity contribution >= 4 is 16.5 Å². The highest BCUT2D eigenvalue weighted by molar-refractivity contribution is 7.15. The van der Waals surface area contributed by atoms with Gasteiger partial charge in [-0.3, -0.25) is 0 Å². The quantitative estimate of drug-likeness (QED) is 0.891. The molecule has 4 nitrogen and oxygen atoms in total. The van der Waals surface area contributed by atoms with Crippen LogP contribution in [0, 0.1) is 0 Å². The number of aromatic nitrogens is 1. The van der Waals surface area contributed by atoms with Gasteiger partial charge in [0.25, 0.3) is 0 Å². The van der Waals surface area contributed by atoms with Gasteiger partial charge >= 0.3 is 0 Å². The van der Waals surface area contributed by atoms with Gasteiger partial charge < -0.3 is 15.4 Å². The minimum Gasteiger partial charge on any atom is -0.377 e. The maximum Gasteiger partial charge on any atom is 0.186 e. The molecule has 1 aliphatic carbocycles. The standard InChI is InChI=1S/C12H19N3OS/c1-8-7-16-5-4-15(8)12-14-11(9-2-3-9)10(6-13)17-12/h8-9H,2-7,13H2,1H3. The van der Waals surface area contributed by atoms with E-state index in [1.165, 1.54) is 23.4 Å². The molecule has 2 fully saturated rings. The largest absolute Gasteiger partial charge is 0.377 e. The minimum atomic E-state index is 0.424. The van der Waals surface area contributed by atoms with Gasteiger partial charge in [0, 0.05) is 23.9 Å². The van der Waals surface area contributed by atoms with Gasteiger partial charge in [0.1, 0.15) is 0 Å². The molecule has 1 aliphatic heterocycles. The van der Waals surface area contributed by atoms with Gasteiger partial charge in [0.15, 0.2) is 5.13 Å². The molecule has 1 unspecified atom stereocenters.